The number of nitrogens with one attached hydrogen (secondary N) is 1. The number of aryl methyl sites for hydroxylation is 1. The predicted molar refractivity (Wildman–Crippen MR) is 128 cm³/mol. The van der Waals surface area contributed by atoms with Crippen LogP contribution in [-0.2, 0) is 0 Å². The van der Waals surface area contributed by atoms with Gasteiger partial charge in [-0.05, 0) is 55.0 Å². The molecule has 5 rings (SSSR count). The number of pyridine rings is 1. The normalized spacial score (nSPS) is 10.6. The lowest BCUT2D eigenvalue weighted by atomic mass is 10.1. The van der Waals surface area contributed by atoms with E-state index in [2.05, 4.69) is 27.2 Å². The Kier molecular flexibility index (Phi) is 5.39. The second kappa shape index (κ2) is 8.65. The van der Waals surface area contributed by atoms with Gasteiger partial charge >= 0.3 is 0 Å². The Morgan fingerprint density at radius 1 is 1.03 bits per heavy atom. The van der Waals surface area contributed by atoms with Crippen molar-refractivity contribution in [2.45, 2.75) is 6.92 Å². The van der Waals surface area contributed by atoms with Crippen molar-refractivity contribution in [2.75, 3.05) is 5.32 Å². The summed E-state index contributed by atoms with van der Waals surface area (Å²) < 4.78 is 6.88. The number of furan rings is 1. The van der Waals surface area contributed by atoms with E-state index in [0.717, 1.165) is 27.7 Å². The largest absolute Gasteiger partial charge is 0.464 e. The summed E-state index contributed by atoms with van der Waals surface area (Å²) in [5.41, 5.74) is 4.12. The molecule has 0 fully saturated rings. The van der Waals surface area contributed by atoms with E-state index in [9.17, 15) is 4.79 Å². The smallest absolute Gasteiger partial charge is 0.277 e. The van der Waals surface area contributed by atoms with E-state index in [1.165, 1.54) is 10.9 Å². The SMILES string of the molecule is Cc1cc(C#Cc2ccccc2)cnc1NC(=O)c1c(Cl)cnn1-c1ccc2occc2c1. The van der Waals surface area contributed by atoms with Crippen molar-refractivity contribution in [3.05, 3.63) is 107 Å². The van der Waals surface area contributed by atoms with Crippen LogP contribution in [-0.4, -0.2) is 20.7 Å². The molecule has 33 heavy (non-hydrogen) atoms. The molecule has 0 bridgehead atoms. The van der Waals surface area contributed by atoms with E-state index in [4.69, 9.17) is 16.0 Å². The van der Waals surface area contributed by atoms with Crippen LogP contribution in [0.4, 0.5) is 5.82 Å². The van der Waals surface area contributed by atoms with Crippen LogP contribution in [0.3, 0.4) is 0 Å². The van der Waals surface area contributed by atoms with E-state index in [1.807, 2.05) is 67.6 Å². The zero-order chi connectivity index (χ0) is 22.8. The first kappa shape index (κ1) is 20.6. The van der Waals surface area contributed by atoms with Crippen LogP contribution in [0.15, 0.2) is 83.7 Å². The van der Waals surface area contributed by atoms with Gasteiger partial charge in [-0.25, -0.2) is 9.67 Å². The molecule has 0 atom stereocenters. The van der Waals surface area contributed by atoms with E-state index in [1.54, 1.807) is 12.5 Å². The minimum absolute atomic E-state index is 0.216. The Morgan fingerprint density at radius 3 is 2.67 bits per heavy atom. The number of nitrogens with zero attached hydrogens (tertiary/aromatic N) is 3. The number of hydrogen-bond acceptors (Lipinski definition) is 4. The molecular weight excluding hydrogens is 436 g/mol. The molecule has 160 valence electrons. The van der Waals surface area contributed by atoms with Gasteiger partial charge in [0.05, 0.1) is 23.2 Å². The highest BCUT2D eigenvalue weighted by atomic mass is 35.5. The maximum absolute atomic E-state index is 13.1. The van der Waals surface area contributed by atoms with Crippen molar-refractivity contribution < 1.29 is 9.21 Å². The average Bonchev–Trinajstić information content (AvgIpc) is 3.45. The van der Waals surface area contributed by atoms with E-state index in [0.29, 0.717) is 11.5 Å². The lowest BCUT2D eigenvalue weighted by molar-refractivity contribution is 0.101. The topological polar surface area (TPSA) is 73.0 Å². The van der Waals surface area contributed by atoms with Crippen LogP contribution in [0.5, 0.6) is 0 Å². The Balaban J connectivity index is 1.40. The number of hydrogen-bond donors (Lipinski definition) is 1. The van der Waals surface area contributed by atoms with Crippen LogP contribution >= 0.6 is 11.6 Å². The maximum Gasteiger partial charge on any atom is 0.277 e. The van der Waals surface area contributed by atoms with E-state index in [-0.39, 0.29) is 10.7 Å². The molecule has 0 aliphatic rings. The fourth-order valence-corrected chi connectivity index (χ4v) is 3.63. The van der Waals surface area contributed by atoms with Crippen molar-refractivity contribution in [1.82, 2.24) is 14.8 Å². The maximum atomic E-state index is 13.1. The van der Waals surface area contributed by atoms with Crippen molar-refractivity contribution in [2.24, 2.45) is 0 Å². The molecule has 0 saturated carbocycles. The number of amides is 1. The number of aromatic nitrogens is 3. The lowest BCUT2D eigenvalue weighted by Crippen LogP contribution is -2.18. The molecule has 7 heteroatoms. The van der Waals surface area contributed by atoms with Crippen molar-refractivity contribution in [3.8, 4) is 17.5 Å². The van der Waals surface area contributed by atoms with Gasteiger partial charge in [0.1, 0.15) is 11.4 Å². The summed E-state index contributed by atoms with van der Waals surface area (Å²) in [6.07, 6.45) is 4.68. The summed E-state index contributed by atoms with van der Waals surface area (Å²) in [7, 11) is 0. The monoisotopic (exact) mass is 452 g/mol. The van der Waals surface area contributed by atoms with E-state index < -0.39 is 5.91 Å². The highest BCUT2D eigenvalue weighted by Crippen LogP contribution is 2.24. The number of fused-ring (bicyclic) bond motifs is 1. The van der Waals surface area contributed by atoms with Gasteiger partial charge in [-0.15, -0.1) is 0 Å². The summed E-state index contributed by atoms with van der Waals surface area (Å²) in [4.78, 5) is 17.5. The molecular formula is C26H17ClN4O2. The molecule has 3 heterocycles. The minimum atomic E-state index is -0.413. The predicted octanol–water partition coefficient (Wildman–Crippen LogP) is 5.63. The number of carbonyl (C=O) groups is 1. The van der Waals surface area contributed by atoms with Gasteiger partial charge in [0.15, 0.2) is 5.69 Å². The molecule has 1 amide bonds. The average molecular weight is 453 g/mol. The zero-order valence-corrected chi connectivity index (χ0v) is 18.3. The zero-order valence-electron chi connectivity index (χ0n) is 17.5. The standard InChI is InChI=1S/C26H17ClN4O2/c1-17-13-19(8-7-18-5-3-2-4-6-18)15-28-25(17)30-26(32)24-22(27)16-29-31(24)21-9-10-23-20(14-21)11-12-33-23/h2-6,9-16H,1H3,(H,28,30,32). The van der Waals surface area contributed by atoms with Crippen LogP contribution in [0.2, 0.25) is 5.02 Å². The quantitative estimate of drug-likeness (QED) is 0.360. The van der Waals surface area contributed by atoms with Crippen LogP contribution in [0, 0.1) is 18.8 Å². The van der Waals surface area contributed by atoms with Gasteiger partial charge in [0.2, 0.25) is 0 Å². The first-order chi connectivity index (χ1) is 16.1. The third-order valence-electron chi connectivity index (χ3n) is 5.06. The second-order valence-electron chi connectivity index (χ2n) is 7.36. The van der Waals surface area contributed by atoms with E-state index >= 15 is 0 Å². The number of carbonyl (C=O) groups excluding carboxylic acids is 1. The molecule has 0 aliphatic heterocycles. The Labute approximate surface area is 194 Å². The molecule has 5 aromatic rings. The molecule has 6 nitrogen and oxygen atoms in total. The fourth-order valence-electron chi connectivity index (χ4n) is 3.42. The number of benzene rings is 2. The molecule has 0 saturated heterocycles. The molecule has 0 spiro atoms. The van der Waals surface area contributed by atoms with Gasteiger partial charge in [0.25, 0.3) is 5.91 Å². The lowest BCUT2D eigenvalue weighted by Gasteiger charge is -2.10. The highest BCUT2D eigenvalue weighted by molar-refractivity contribution is 6.34. The van der Waals surface area contributed by atoms with Gasteiger partial charge in [-0.1, -0.05) is 41.6 Å². The van der Waals surface area contributed by atoms with Crippen LogP contribution < -0.4 is 5.32 Å². The first-order valence-electron chi connectivity index (χ1n) is 10.1. The Morgan fingerprint density at radius 2 is 1.85 bits per heavy atom. The number of halogens is 1. The molecule has 3 aromatic heterocycles. The molecule has 0 aliphatic carbocycles. The highest BCUT2D eigenvalue weighted by Gasteiger charge is 2.20. The van der Waals surface area contributed by atoms with Crippen molar-refractivity contribution >= 4 is 34.3 Å². The van der Waals surface area contributed by atoms with Crippen molar-refractivity contribution in [1.29, 1.82) is 0 Å². The summed E-state index contributed by atoms with van der Waals surface area (Å²) in [6, 6.07) is 19.0. The molecule has 2 aromatic carbocycles. The Bertz CT molecular complexity index is 1540. The summed E-state index contributed by atoms with van der Waals surface area (Å²) >= 11 is 6.32. The van der Waals surface area contributed by atoms with Gasteiger partial charge in [0, 0.05) is 22.7 Å². The number of anilines is 1. The van der Waals surface area contributed by atoms with Crippen LogP contribution in [0.1, 0.15) is 27.2 Å². The van der Waals surface area contributed by atoms with Crippen molar-refractivity contribution in [3.63, 3.8) is 0 Å². The second-order valence-corrected chi connectivity index (χ2v) is 7.76. The molecule has 0 unspecified atom stereocenters. The summed E-state index contributed by atoms with van der Waals surface area (Å²) in [6.45, 7) is 1.86. The molecule has 0 radical (unpaired) electrons. The van der Waals surface area contributed by atoms with Gasteiger partial charge in [-0.3, -0.25) is 4.79 Å². The summed E-state index contributed by atoms with van der Waals surface area (Å²) in [5, 5.41) is 8.26. The third kappa shape index (κ3) is 4.22. The minimum Gasteiger partial charge on any atom is -0.464 e. The fraction of sp³-hybridized carbons (Fsp3) is 0.0385. The summed E-state index contributed by atoms with van der Waals surface area (Å²) in [5.74, 6) is 6.21. The molecule has 1 N–H and O–H groups in total. The van der Waals surface area contributed by atoms with Gasteiger partial charge in [-0.2, -0.15) is 5.10 Å². The van der Waals surface area contributed by atoms with Gasteiger partial charge < -0.3 is 9.73 Å². The third-order valence-corrected chi connectivity index (χ3v) is 5.33. The Hall–Kier alpha value is -4.34. The number of rotatable bonds is 3. The first-order valence-corrected chi connectivity index (χ1v) is 10.5. The van der Waals surface area contributed by atoms with Crippen LogP contribution in [0.25, 0.3) is 16.7 Å².